The number of aryl methyl sites for hydroxylation is 1. The van der Waals surface area contributed by atoms with Crippen LogP contribution in [-0.2, 0) is 15.7 Å². The molecule has 0 aliphatic heterocycles. The third-order valence-corrected chi connectivity index (χ3v) is 2.96. The molecular formula is C16H13F3N2O3. The van der Waals surface area contributed by atoms with E-state index in [9.17, 15) is 22.8 Å². The number of esters is 1. The number of nitrogens with zero attached hydrogens (tertiary/aromatic N) is 1. The molecule has 0 saturated carbocycles. The number of aromatic nitrogens is 1. The summed E-state index contributed by atoms with van der Waals surface area (Å²) in [5.41, 5.74) is 0.273. The van der Waals surface area contributed by atoms with Crippen LogP contribution in [-0.4, -0.2) is 23.5 Å². The number of halogens is 3. The largest absolute Gasteiger partial charge is 0.452 e. The highest BCUT2D eigenvalue weighted by Crippen LogP contribution is 2.27. The number of hydrogen-bond donors (Lipinski definition) is 1. The zero-order chi connectivity index (χ0) is 17.7. The lowest BCUT2D eigenvalue weighted by Gasteiger charge is -2.08. The summed E-state index contributed by atoms with van der Waals surface area (Å²) in [7, 11) is 0. The van der Waals surface area contributed by atoms with Crippen LogP contribution >= 0.6 is 0 Å². The molecule has 0 aliphatic rings. The fraction of sp³-hybridized carbons (Fsp3) is 0.188. The van der Waals surface area contributed by atoms with E-state index in [1.54, 1.807) is 24.3 Å². The fourth-order valence-electron chi connectivity index (χ4n) is 1.73. The summed E-state index contributed by atoms with van der Waals surface area (Å²) in [6.45, 7) is 1.33. The Hall–Kier alpha value is -2.90. The van der Waals surface area contributed by atoms with Gasteiger partial charge in [0.05, 0.1) is 5.56 Å². The zero-order valence-corrected chi connectivity index (χ0v) is 12.6. The molecule has 0 unspecified atom stereocenters. The highest BCUT2D eigenvalue weighted by atomic mass is 19.4. The van der Waals surface area contributed by atoms with Crippen LogP contribution in [0.2, 0.25) is 0 Å². The van der Waals surface area contributed by atoms with Crippen molar-refractivity contribution in [3.05, 3.63) is 59.4 Å². The first kappa shape index (κ1) is 17.5. The SMILES string of the molecule is Cc1ccc(NC(=O)COC(=O)c2ccc(C(F)(F)F)nc2)cc1. The van der Waals surface area contributed by atoms with E-state index in [0.717, 1.165) is 17.8 Å². The van der Waals surface area contributed by atoms with E-state index in [-0.39, 0.29) is 5.56 Å². The summed E-state index contributed by atoms with van der Waals surface area (Å²) in [5, 5.41) is 2.52. The van der Waals surface area contributed by atoms with Gasteiger partial charge in [0.2, 0.25) is 0 Å². The molecule has 2 rings (SSSR count). The minimum Gasteiger partial charge on any atom is -0.452 e. The van der Waals surface area contributed by atoms with Crippen molar-refractivity contribution in [3.8, 4) is 0 Å². The molecule has 2 aromatic rings. The fourth-order valence-corrected chi connectivity index (χ4v) is 1.73. The van der Waals surface area contributed by atoms with Crippen molar-refractivity contribution in [1.29, 1.82) is 0 Å². The quantitative estimate of drug-likeness (QED) is 0.869. The van der Waals surface area contributed by atoms with Gasteiger partial charge >= 0.3 is 12.1 Å². The van der Waals surface area contributed by atoms with Crippen molar-refractivity contribution in [2.45, 2.75) is 13.1 Å². The predicted molar refractivity (Wildman–Crippen MR) is 79.3 cm³/mol. The maximum absolute atomic E-state index is 12.4. The number of ether oxygens (including phenoxy) is 1. The summed E-state index contributed by atoms with van der Waals surface area (Å²) < 4.78 is 41.9. The van der Waals surface area contributed by atoms with Gasteiger partial charge in [0.15, 0.2) is 6.61 Å². The number of amides is 1. The van der Waals surface area contributed by atoms with E-state index in [0.29, 0.717) is 11.8 Å². The highest BCUT2D eigenvalue weighted by Gasteiger charge is 2.32. The van der Waals surface area contributed by atoms with Crippen LogP contribution in [0.3, 0.4) is 0 Å². The maximum atomic E-state index is 12.4. The van der Waals surface area contributed by atoms with Crippen molar-refractivity contribution in [2.75, 3.05) is 11.9 Å². The normalized spacial score (nSPS) is 11.0. The average Bonchev–Trinajstić information content (AvgIpc) is 2.54. The molecule has 0 radical (unpaired) electrons. The van der Waals surface area contributed by atoms with E-state index in [1.807, 2.05) is 6.92 Å². The van der Waals surface area contributed by atoms with Crippen LogP contribution < -0.4 is 5.32 Å². The predicted octanol–water partition coefficient (Wildman–Crippen LogP) is 3.20. The second-order valence-corrected chi connectivity index (χ2v) is 4.92. The van der Waals surface area contributed by atoms with Crippen LogP contribution in [0.4, 0.5) is 18.9 Å². The Balaban J connectivity index is 1.88. The Labute approximate surface area is 135 Å². The Morgan fingerprint density at radius 1 is 1.12 bits per heavy atom. The topological polar surface area (TPSA) is 68.3 Å². The molecule has 1 aromatic carbocycles. The van der Waals surface area contributed by atoms with Crippen LogP contribution in [0.15, 0.2) is 42.6 Å². The molecule has 0 fully saturated rings. The Morgan fingerprint density at radius 2 is 1.79 bits per heavy atom. The van der Waals surface area contributed by atoms with Gasteiger partial charge in [0.25, 0.3) is 5.91 Å². The van der Waals surface area contributed by atoms with Crippen LogP contribution in [0.5, 0.6) is 0 Å². The minimum atomic E-state index is -4.59. The molecule has 0 spiro atoms. The number of hydrogen-bond acceptors (Lipinski definition) is 4. The number of pyridine rings is 1. The van der Waals surface area contributed by atoms with E-state index >= 15 is 0 Å². The molecule has 1 N–H and O–H groups in total. The molecule has 0 saturated heterocycles. The van der Waals surface area contributed by atoms with Crippen molar-refractivity contribution in [1.82, 2.24) is 4.98 Å². The van der Waals surface area contributed by atoms with Gasteiger partial charge in [-0.15, -0.1) is 0 Å². The highest BCUT2D eigenvalue weighted by molar-refractivity contribution is 5.95. The monoisotopic (exact) mass is 338 g/mol. The van der Waals surface area contributed by atoms with Gasteiger partial charge in [0.1, 0.15) is 5.69 Å². The van der Waals surface area contributed by atoms with Gasteiger partial charge in [-0.25, -0.2) is 4.79 Å². The number of alkyl halides is 3. The third kappa shape index (κ3) is 4.80. The minimum absolute atomic E-state index is 0.175. The second kappa shape index (κ2) is 7.12. The van der Waals surface area contributed by atoms with E-state index < -0.39 is 30.4 Å². The Morgan fingerprint density at radius 3 is 2.33 bits per heavy atom. The van der Waals surface area contributed by atoms with Crippen molar-refractivity contribution >= 4 is 17.6 Å². The molecule has 0 atom stereocenters. The summed E-state index contributed by atoms with van der Waals surface area (Å²) in [6, 6.07) is 8.59. The lowest BCUT2D eigenvalue weighted by atomic mass is 10.2. The summed E-state index contributed by atoms with van der Waals surface area (Å²) in [6.07, 6.45) is -3.83. The molecule has 5 nitrogen and oxygen atoms in total. The Bertz CT molecular complexity index is 726. The summed E-state index contributed by atoms with van der Waals surface area (Å²) in [5.74, 6) is -1.50. The first-order valence-corrected chi connectivity index (χ1v) is 6.82. The first-order valence-electron chi connectivity index (χ1n) is 6.82. The van der Waals surface area contributed by atoms with E-state index in [4.69, 9.17) is 4.74 Å². The van der Waals surface area contributed by atoms with Crippen LogP contribution in [0.25, 0.3) is 0 Å². The smallest absolute Gasteiger partial charge is 0.433 e. The number of benzene rings is 1. The number of carbonyl (C=O) groups excluding carboxylic acids is 2. The zero-order valence-electron chi connectivity index (χ0n) is 12.6. The van der Waals surface area contributed by atoms with E-state index in [1.165, 1.54) is 0 Å². The third-order valence-electron chi connectivity index (χ3n) is 2.96. The van der Waals surface area contributed by atoms with Gasteiger partial charge in [0, 0.05) is 11.9 Å². The molecule has 1 aromatic heterocycles. The van der Waals surface area contributed by atoms with E-state index in [2.05, 4.69) is 10.3 Å². The molecule has 1 amide bonds. The lowest BCUT2D eigenvalue weighted by Crippen LogP contribution is -2.21. The van der Waals surface area contributed by atoms with Gasteiger partial charge in [-0.05, 0) is 31.2 Å². The average molecular weight is 338 g/mol. The summed E-state index contributed by atoms with van der Waals surface area (Å²) in [4.78, 5) is 26.5. The number of carbonyl (C=O) groups is 2. The van der Waals surface area contributed by atoms with Crippen molar-refractivity contribution in [2.24, 2.45) is 0 Å². The molecule has 0 bridgehead atoms. The molecular weight excluding hydrogens is 325 g/mol. The number of rotatable bonds is 4. The summed E-state index contributed by atoms with van der Waals surface area (Å²) >= 11 is 0. The Kier molecular flexibility index (Phi) is 5.18. The second-order valence-electron chi connectivity index (χ2n) is 4.92. The first-order chi connectivity index (χ1) is 11.3. The van der Waals surface area contributed by atoms with Gasteiger partial charge in [-0.1, -0.05) is 17.7 Å². The van der Waals surface area contributed by atoms with Crippen molar-refractivity contribution in [3.63, 3.8) is 0 Å². The van der Waals surface area contributed by atoms with Gasteiger partial charge < -0.3 is 10.1 Å². The molecule has 1 heterocycles. The number of anilines is 1. The standard InChI is InChI=1S/C16H13F3N2O3/c1-10-2-5-12(6-3-10)21-14(22)9-24-15(23)11-4-7-13(20-8-11)16(17,18)19/h2-8H,9H2,1H3,(H,21,22). The molecule has 126 valence electrons. The molecule has 24 heavy (non-hydrogen) atoms. The van der Waals surface area contributed by atoms with Crippen LogP contribution in [0, 0.1) is 6.92 Å². The van der Waals surface area contributed by atoms with Crippen molar-refractivity contribution < 1.29 is 27.5 Å². The number of nitrogens with one attached hydrogen (secondary N) is 1. The van der Waals surface area contributed by atoms with Gasteiger partial charge in [-0.3, -0.25) is 9.78 Å². The van der Waals surface area contributed by atoms with Gasteiger partial charge in [-0.2, -0.15) is 13.2 Å². The lowest BCUT2D eigenvalue weighted by molar-refractivity contribution is -0.141. The maximum Gasteiger partial charge on any atom is 0.433 e. The molecule has 8 heteroatoms. The molecule has 0 aliphatic carbocycles. The van der Waals surface area contributed by atoms with Crippen LogP contribution in [0.1, 0.15) is 21.6 Å².